The standard InChI is InChI=1S/C14H20N2O3S/c1-4-5-6-15-14(20)16-13(17)10-7-11(18-2)9-12(8-10)19-3/h7-9H,4-6H2,1-3H3,(H2,15,16,17,20). The zero-order chi connectivity index (χ0) is 15.0. The van der Waals surface area contributed by atoms with Gasteiger partial charge in [-0.2, -0.15) is 0 Å². The van der Waals surface area contributed by atoms with Crippen molar-refractivity contribution in [1.29, 1.82) is 0 Å². The van der Waals surface area contributed by atoms with Crippen molar-refractivity contribution in [2.45, 2.75) is 19.8 Å². The first-order valence-electron chi connectivity index (χ1n) is 6.43. The lowest BCUT2D eigenvalue weighted by Gasteiger charge is -2.11. The lowest BCUT2D eigenvalue weighted by molar-refractivity contribution is 0.0976. The van der Waals surface area contributed by atoms with E-state index < -0.39 is 0 Å². The zero-order valence-corrected chi connectivity index (χ0v) is 12.8. The Labute approximate surface area is 124 Å². The first-order valence-corrected chi connectivity index (χ1v) is 6.83. The van der Waals surface area contributed by atoms with Gasteiger partial charge in [0, 0.05) is 18.2 Å². The van der Waals surface area contributed by atoms with Crippen molar-refractivity contribution in [3.05, 3.63) is 23.8 Å². The van der Waals surface area contributed by atoms with Gasteiger partial charge in [0.05, 0.1) is 14.2 Å². The third kappa shape index (κ3) is 5.05. The number of amides is 1. The van der Waals surface area contributed by atoms with E-state index in [-0.39, 0.29) is 5.91 Å². The summed E-state index contributed by atoms with van der Waals surface area (Å²) in [5, 5.41) is 5.93. The van der Waals surface area contributed by atoms with Crippen molar-refractivity contribution in [2.75, 3.05) is 20.8 Å². The summed E-state index contributed by atoms with van der Waals surface area (Å²) in [7, 11) is 3.07. The highest BCUT2D eigenvalue weighted by Gasteiger charge is 2.11. The zero-order valence-electron chi connectivity index (χ0n) is 12.0. The molecule has 0 aromatic heterocycles. The third-order valence-electron chi connectivity index (χ3n) is 2.66. The Kier molecular flexibility index (Phi) is 6.79. The molecule has 1 aromatic rings. The molecule has 6 heteroatoms. The Bertz CT molecular complexity index is 455. The minimum absolute atomic E-state index is 0.295. The number of methoxy groups -OCH3 is 2. The van der Waals surface area contributed by atoms with Crippen LogP contribution in [0, 0.1) is 0 Å². The lowest BCUT2D eigenvalue weighted by atomic mass is 10.2. The smallest absolute Gasteiger partial charge is 0.257 e. The van der Waals surface area contributed by atoms with Gasteiger partial charge in [-0.1, -0.05) is 13.3 Å². The first kappa shape index (κ1) is 16.2. The van der Waals surface area contributed by atoms with E-state index in [1.54, 1.807) is 18.2 Å². The second-order valence-corrected chi connectivity index (χ2v) is 4.57. The van der Waals surface area contributed by atoms with Crippen LogP contribution in [0.2, 0.25) is 0 Å². The van der Waals surface area contributed by atoms with Crippen LogP contribution in [0.15, 0.2) is 18.2 Å². The Balaban J connectivity index is 2.69. The van der Waals surface area contributed by atoms with E-state index in [0.717, 1.165) is 19.4 Å². The molecule has 1 amide bonds. The largest absolute Gasteiger partial charge is 0.497 e. The molecule has 5 nitrogen and oxygen atoms in total. The Hall–Kier alpha value is -1.82. The molecule has 0 spiro atoms. The summed E-state index contributed by atoms with van der Waals surface area (Å²) < 4.78 is 10.2. The maximum Gasteiger partial charge on any atom is 0.257 e. The molecule has 0 radical (unpaired) electrons. The molecule has 0 aliphatic rings. The fourth-order valence-electron chi connectivity index (χ4n) is 1.54. The molecule has 0 atom stereocenters. The van der Waals surface area contributed by atoms with Crippen LogP contribution in [-0.4, -0.2) is 31.8 Å². The summed E-state index contributed by atoms with van der Waals surface area (Å²) in [5.74, 6) is 0.815. The number of hydrogen-bond donors (Lipinski definition) is 2. The summed E-state index contributed by atoms with van der Waals surface area (Å²) in [4.78, 5) is 12.1. The van der Waals surface area contributed by atoms with Gasteiger partial charge in [0.1, 0.15) is 11.5 Å². The molecule has 0 bridgehead atoms. The molecule has 0 saturated carbocycles. The van der Waals surface area contributed by atoms with E-state index in [9.17, 15) is 4.79 Å². The maximum absolute atomic E-state index is 12.1. The molecule has 110 valence electrons. The van der Waals surface area contributed by atoms with Crippen molar-refractivity contribution in [3.63, 3.8) is 0 Å². The van der Waals surface area contributed by atoms with Gasteiger partial charge >= 0.3 is 0 Å². The van der Waals surface area contributed by atoms with Gasteiger partial charge in [0.15, 0.2) is 5.11 Å². The molecule has 0 unspecified atom stereocenters. The minimum Gasteiger partial charge on any atom is -0.497 e. The van der Waals surface area contributed by atoms with Crippen LogP contribution >= 0.6 is 12.2 Å². The second-order valence-electron chi connectivity index (χ2n) is 4.16. The van der Waals surface area contributed by atoms with Gasteiger partial charge in [0.25, 0.3) is 5.91 Å². The number of unbranched alkanes of at least 4 members (excludes halogenated alkanes) is 1. The SMILES string of the molecule is CCCCNC(=S)NC(=O)c1cc(OC)cc(OC)c1. The van der Waals surface area contributed by atoms with Crippen LogP contribution in [0.25, 0.3) is 0 Å². The number of carbonyl (C=O) groups is 1. The van der Waals surface area contributed by atoms with Gasteiger partial charge in [0.2, 0.25) is 0 Å². The summed E-state index contributed by atoms with van der Waals surface area (Å²) in [6, 6.07) is 4.97. The average molecular weight is 296 g/mol. The van der Waals surface area contributed by atoms with Crippen LogP contribution in [0.4, 0.5) is 0 Å². The van der Waals surface area contributed by atoms with Crippen molar-refractivity contribution in [3.8, 4) is 11.5 Å². The molecule has 1 aromatic carbocycles. The molecular weight excluding hydrogens is 276 g/mol. The molecular formula is C14H20N2O3S. The number of benzene rings is 1. The van der Waals surface area contributed by atoms with Gasteiger partial charge in [-0.3, -0.25) is 10.1 Å². The van der Waals surface area contributed by atoms with Crippen molar-refractivity contribution < 1.29 is 14.3 Å². The topological polar surface area (TPSA) is 59.6 Å². The fourth-order valence-corrected chi connectivity index (χ4v) is 1.73. The Morgan fingerprint density at radius 2 is 1.80 bits per heavy atom. The van der Waals surface area contributed by atoms with E-state index in [4.69, 9.17) is 21.7 Å². The number of nitrogens with one attached hydrogen (secondary N) is 2. The van der Waals surface area contributed by atoms with Crippen molar-refractivity contribution >= 4 is 23.2 Å². The lowest BCUT2D eigenvalue weighted by Crippen LogP contribution is -2.39. The van der Waals surface area contributed by atoms with Gasteiger partial charge in [-0.25, -0.2) is 0 Å². The van der Waals surface area contributed by atoms with Crippen LogP contribution < -0.4 is 20.1 Å². The van der Waals surface area contributed by atoms with E-state index in [0.29, 0.717) is 22.2 Å². The number of hydrogen-bond acceptors (Lipinski definition) is 4. The molecule has 0 heterocycles. The van der Waals surface area contributed by atoms with Crippen LogP contribution in [0.5, 0.6) is 11.5 Å². The van der Waals surface area contributed by atoms with Gasteiger partial charge < -0.3 is 14.8 Å². The van der Waals surface area contributed by atoms with Crippen LogP contribution in [0.1, 0.15) is 30.1 Å². The molecule has 0 fully saturated rings. The predicted octanol–water partition coefficient (Wildman–Crippen LogP) is 2.11. The third-order valence-corrected chi connectivity index (χ3v) is 2.90. The average Bonchev–Trinajstić information content (AvgIpc) is 2.46. The normalized spacial score (nSPS) is 9.75. The van der Waals surface area contributed by atoms with E-state index in [1.165, 1.54) is 14.2 Å². The fraction of sp³-hybridized carbons (Fsp3) is 0.429. The molecule has 20 heavy (non-hydrogen) atoms. The number of carbonyl (C=O) groups excluding carboxylic acids is 1. The quantitative estimate of drug-likeness (QED) is 0.622. The Morgan fingerprint density at radius 1 is 1.20 bits per heavy atom. The first-order chi connectivity index (χ1) is 9.60. The van der Waals surface area contributed by atoms with Gasteiger partial charge in [-0.05, 0) is 30.8 Å². The monoisotopic (exact) mass is 296 g/mol. The van der Waals surface area contributed by atoms with Crippen molar-refractivity contribution in [1.82, 2.24) is 10.6 Å². The summed E-state index contributed by atoms with van der Waals surface area (Å²) >= 11 is 5.06. The maximum atomic E-state index is 12.1. The summed E-state index contributed by atoms with van der Waals surface area (Å²) in [5.41, 5.74) is 0.431. The number of rotatable bonds is 6. The highest BCUT2D eigenvalue weighted by molar-refractivity contribution is 7.80. The van der Waals surface area contributed by atoms with Gasteiger partial charge in [-0.15, -0.1) is 0 Å². The molecule has 2 N–H and O–H groups in total. The molecule has 1 rings (SSSR count). The van der Waals surface area contributed by atoms with E-state index >= 15 is 0 Å². The number of thiocarbonyl (C=S) groups is 1. The number of ether oxygens (including phenoxy) is 2. The molecule has 0 aliphatic heterocycles. The summed E-state index contributed by atoms with van der Waals surface area (Å²) in [6.07, 6.45) is 2.07. The minimum atomic E-state index is -0.295. The van der Waals surface area contributed by atoms with E-state index in [2.05, 4.69) is 17.6 Å². The summed E-state index contributed by atoms with van der Waals surface area (Å²) in [6.45, 7) is 2.84. The predicted molar refractivity (Wildman–Crippen MR) is 82.5 cm³/mol. The molecule has 0 saturated heterocycles. The molecule has 0 aliphatic carbocycles. The van der Waals surface area contributed by atoms with Crippen LogP contribution in [0.3, 0.4) is 0 Å². The van der Waals surface area contributed by atoms with Crippen molar-refractivity contribution in [2.24, 2.45) is 0 Å². The highest BCUT2D eigenvalue weighted by Crippen LogP contribution is 2.22. The van der Waals surface area contributed by atoms with E-state index in [1.807, 2.05) is 0 Å². The highest BCUT2D eigenvalue weighted by atomic mass is 32.1. The van der Waals surface area contributed by atoms with Crippen LogP contribution in [-0.2, 0) is 0 Å². The second kappa shape index (κ2) is 8.37. The Morgan fingerprint density at radius 3 is 2.30 bits per heavy atom.